The smallest absolute Gasteiger partial charge is 0.203 e. The van der Waals surface area contributed by atoms with Crippen molar-refractivity contribution in [3.63, 3.8) is 0 Å². The number of carbonyl (C=O) groups excluding carboxylic acids is 1. The maximum absolute atomic E-state index is 12.6. The highest BCUT2D eigenvalue weighted by molar-refractivity contribution is 7.98. The third-order valence-electron chi connectivity index (χ3n) is 3.49. The quantitative estimate of drug-likeness (QED) is 0.763. The predicted molar refractivity (Wildman–Crippen MR) is 83.5 cm³/mol. The van der Waals surface area contributed by atoms with Crippen LogP contribution in [0.3, 0.4) is 0 Å². The Kier molecular flexibility index (Phi) is 3.50. The summed E-state index contributed by atoms with van der Waals surface area (Å²) in [7, 11) is 0. The van der Waals surface area contributed by atoms with Gasteiger partial charge in [-0.3, -0.25) is 4.79 Å². The van der Waals surface area contributed by atoms with Gasteiger partial charge in [0.1, 0.15) is 0 Å². The van der Waals surface area contributed by atoms with Crippen molar-refractivity contribution in [1.29, 1.82) is 0 Å². The fourth-order valence-corrected chi connectivity index (χ4v) is 4.70. The first-order chi connectivity index (χ1) is 9.15. The molecule has 0 spiro atoms. The van der Waals surface area contributed by atoms with Crippen molar-refractivity contribution < 1.29 is 4.79 Å². The molecule has 1 aromatic heterocycles. The standard InChI is InChI=1S/C16H16OS2/c1-10-3-4-11(2)13(7-10)16(17)15-8-12-9-18-6-5-14(12)19-15/h3-4,7-8H,5-6,9H2,1-2H3. The van der Waals surface area contributed by atoms with Gasteiger partial charge in [-0.05, 0) is 49.3 Å². The zero-order valence-electron chi connectivity index (χ0n) is 11.2. The summed E-state index contributed by atoms with van der Waals surface area (Å²) in [6, 6.07) is 8.20. The molecule has 0 fully saturated rings. The maximum Gasteiger partial charge on any atom is 0.203 e. The van der Waals surface area contributed by atoms with Gasteiger partial charge in [-0.15, -0.1) is 11.3 Å². The van der Waals surface area contributed by atoms with Gasteiger partial charge in [-0.25, -0.2) is 0 Å². The number of fused-ring (bicyclic) bond motifs is 1. The molecule has 0 unspecified atom stereocenters. The molecule has 3 rings (SSSR count). The highest BCUT2D eigenvalue weighted by Gasteiger charge is 2.19. The molecule has 0 aliphatic carbocycles. The Hall–Kier alpha value is -1.06. The second-order valence-corrected chi connectivity index (χ2v) is 7.25. The van der Waals surface area contributed by atoms with Crippen LogP contribution in [0.2, 0.25) is 0 Å². The van der Waals surface area contributed by atoms with E-state index < -0.39 is 0 Å². The number of benzene rings is 1. The number of carbonyl (C=O) groups is 1. The normalized spacial score (nSPS) is 14.2. The molecule has 0 atom stereocenters. The van der Waals surface area contributed by atoms with Gasteiger partial charge < -0.3 is 0 Å². The summed E-state index contributed by atoms with van der Waals surface area (Å²) in [5, 5.41) is 0. The molecule has 1 aromatic carbocycles. The van der Waals surface area contributed by atoms with E-state index in [0.29, 0.717) is 0 Å². The molecule has 1 nitrogen and oxygen atoms in total. The second kappa shape index (κ2) is 5.14. The number of hydrogen-bond acceptors (Lipinski definition) is 3. The van der Waals surface area contributed by atoms with Crippen molar-refractivity contribution in [3.05, 3.63) is 56.3 Å². The minimum absolute atomic E-state index is 0.186. The molecular weight excluding hydrogens is 272 g/mol. The molecule has 19 heavy (non-hydrogen) atoms. The summed E-state index contributed by atoms with van der Waals surface area (Å²) in [4.78, 5) is 15.0. The first kappa shape index (κ1) is 12.9. The molecule has 0 radical (unpaired) electrons. The average molecular weight is 288 g/mol. The molecule has 1 aliphatic rings. The van der Waals surface area contributed by atoms with Crippen LogP contribution in [0.4, 0.5) is 0 Å². The molecule has 2 heterocycles. The summed E-state index contributed by atoms with van der Waals surface area (Å²) in [6.07, 6.45) is 1.12. The zero-order valence-corrected chi connectivity index (χ0v) is 12.8. The van der Waals surface area contributed by atoms with Gasteiger partial charge in [0.25, 0.3) is 0 Å². The molecule has 2 aromatic rings. The second-order valence-electron chi connectivity index (χ2n) is 5.01. The Morgan fingerprint density at radius 2 is 2.05 bits per heavy atom. The average Bonchev–Trinajstić information content (AvgIpc) is 2.84. The lowest BCUT2D eigenvalue weighted by atomic mass is 10.0. The van der Waals surface area contributed by atoms with Crippen molar-refractivity contribution in [3.8, 4) is 0 Å². The van der Waals surface area contributed by atoms with E-state index >= 15 is 0 Å². The van der Waals surface area contributed by atoms with Crippen LogP contribution >= 0.6 is 23.1 Å². The van der Waals surface area contributed by atoms with Crippen molar-refractivity contribution in [2.75, 3.05) is 5.75 Å². The molecule has 0 amide bonds. The van der Waals surface area contributed by atoms with E-state index in [1.54, 1.807) is 11.3 Å². The predicted octanol–water partition coefficient (Wildman–Crippen LogP) is 4.39. The number of hydrogen-bond donors (Lipinski definition) is 0. The first-order valence-corrected chi connectivity index (χ1v) is 8.43. The van der Waals surface area contributed by atoms with Crippen LogP contribution < -0.4 is 0 Å². The lowest BCUT2D eigenvalue weighted by molar-refractivity contribution is 0.104. The van der Waals surface area contributed by atoms with E-state index in [9.17, 15) is 4.79 Å². The van der Waals surface area contributed by atoms with E-state index in [-0.39, 0.29) is 5.78 Å². The first-order valence-electron chi connectivity index (χ1n) is 6.46. The topological polar surface area (TPSA) is 17.1 Å². The third kappa shape index (κ3) is 2.49. The molecule has 0 N–H and O–H groups in total. The van der Waals surface area contributed by atoms with Gasteiger partial charge in [0.15, 0.2) is 0 Å². The van der Waals surface area contributed by atoms with Crippen LogP contribution in [0.1, 0.15) is 36.8 Å². The van der Waals surface area contributed by atoms with E-state index in [4.69, 9.17) is 0 Å². The van der Waals surface area contributed by atoms with Crippen molar-refractivity contribution >= 4 is 28.9 Å². The third-order valence-corrected chi connectivity index (χ3v) is 5.73. The Bertz CT molecular complexity index is 617. The molecular formula is C16H16OS2. The van der Waals surface area contributed by atoms with Gasteiger partial charge >= 0.3 is 0 Å². The summed E-state index contributed by atoms with van der Waals surface area (Å²) in [5.74, 6) is 2.43. The number of aryl methyl sites for hydroxylation is 3. The van der Waals surface area contributed by atoms with Crippen LogP contribution in [-0.2, 0) is 12.2 Å². The Morgan fingerprint density at radius 3 is 2.84 bits per heavy atom. The Balaban J connectivity index is 1.99. The van der Waals surface area contributed by atoms with E-state index in [2.05, 4.69) is 12.1 Å². The molecule has 0 saturated heterocycles. The highest BCUT2D eigenvalue weighted by Crippen LogP contribution is 2.33. The molecule has 98 valence electrons. The number of rotatable bonds is 2. The van der Waals surface area contributed by atoms with E-state index in [0.717, 1.165) is 33.7 Å². The SMILES string of the molecule is Cc1ccc(C)c(C(=O)c2cc3c(s2)CCSC3)c1. The van der Waals surface area contributed by atoms with Gasteiger partial charge in [0.05, 0.1) is 4.88 Å². The minimum atomic E-state index is 0.186. The number of ketones is 1. The number of thiophene rings is 1. The maximum atomic E-state index is 12.6. The molecule has 0 bridgehead atoms. The lowest BCUT2D eigenvalue weighted by Gasteiger charge is -2.08. The zero-order chi connectivity index (χ0) is 13.4. The van der Waals surface area contributed by atoms with Crippen molar-refractivity contribution in [1.82, 2.24) is 0 Å². The van der Waals surface area contributed by atoms with Gasteiger partial charge in [0, 0.05) is 16.2 Å². The molecule has 0 saturated carbocycles. The number of thioether (sulfide) groups is 1. The van der Waals surface area contributed by atoms with E-state index in [1.807, 2.05) is 37.7 Å². The summed E-state index contributed by atoms with van der Waals surface area (Å²) < 4.78 is 0. The largest absolute Gasteiger partial charge is 0.288 e. The van der Waals surface area contributed by atoms with Gasteiger partial charge in [-0.2, -0.15) is 11.8 Å². The lowest BCUT2D eigenvalue weighted by Crippen LogP contribution is -2.01. The fourth-order valence-electron chi connectivity index (χ4n) is 2.37. The molecule has 3 heteroatoms. The summed E-state index contributed by atoms with van der Waals surface area (Å²) in [6.45, 7) is 4.04. The highest BCUT2D eigenvalue weighted by atomic mass is 32.2. The van der Waals surface area contributed by atoms with Crippen LogP contribution in [-0.4, -0.2) is 11.5 Å². The molecule has 1 aliphatic heterocycles. The van der Waals surface area contributed by atoms with Crippen LogP contribution in [0, 0.1) is 13.8 Å². The van der Waals surface area contributed by atoms with Crippen LogP contribution in [0.5, 0.6) is 0 Å². The summed E-state index contributed by atoms with van der Waals surface area (Å²) in [5.41, 5.74) is 4.43. The minimum Gasteiger partial charge on any atom is -0.288 e. The van der Waals surface area contributed by atoms with Crippen LogP contribution in [0.15, 0.2) is 24.3 Å². The Labute approximate surface area is 122 Å². The van der Waals surface area contributed by atoms with Gasteiger partial charge in [0.2, 0.25) is 5.78 Å². The fraction of sp³-hybridized carbons (Fsp3) is 0.312. The van der Waals surface area contributed by atoms with E-state index in [1.165, 1.54) is 16.2 Å². The van der Waals surface area contributed by atoms with Crippen LogP contribution in [0.25, 0.3) is 0 Å². The Morgan fingerprint density at radius 1 is 1.21 bits per heavy atom. The van der Waals surface area contributed by atoms with Gasteiger partial charge in [-0.1, -0.05) is 17.7 Å². The van der Waals surface area contributed by atoms with Crippen molar-refractivity contribution in [2.24, 2.45) is 0 Å². The van der Waals surface area contributed by atoms with Crippen molar-refractivity contribution in [2.45, 2.75) is 26.0 Å². The summed E-state index contributed by atoms with van der Waals surface area (Å²) >= 11 is 3.65. The monoisotopic (exact) mass is 288 g/mol.